The molecule has 21 heavy (non-hydrogen) atoms. The molecule has 0 aliphatic carbocycles. The van der Waals surface area contributed by atoms with Crippen LogP contribution in [-0.4, -0.2) is 27.6 Å². The second-order valence-electron chi connectivity index (χ2n) is 4.42. The van der Waals surface area contributed by atoms with Crippen molar-refractivity contribution in [2.75, 3.05) is 0 Å². The summed E-state index contributed by atoms with van der Waals surface area (Å²) in [6.07, 6.45) is 8.26. The lowest BCUT2D eigenvalue weighted by molar-refractivity contribution is 0.475. The van der Waals surface area contributed by atoms with E-state index in [1.807, 2.05) is 0 Å². The highest BCUT2D eigenvalue weighted by Gasteiger charge is 1.95. The van der Waals surface area contributed by atoms with E-state index in [2.05, 4.69) is 20.0 Å². The number of nitrogens with one attached hydrogen (secondary N) is 2. The van der Waals surface area contributed by atoms with Crippen molar-refractivity contribution in [3.63, 3.8) is 0 Å². The summed E-state index contributed by atoms with van der Waals surface area (Å²) in [5.74, 6) is 0.187. The number of aromatic hydroxyl groups is 1. The van der Waals surface area contributed by atoms with Crippen molar-refractivity contribution < 1.29 is 5.11 Å². The Labute approximate surface area is 119 Å². The van der Waals surface area contributed by atoms with Crippen molar-refractivity contribution in [2.45, 2.75) is 0 Å². The van der Waals surface area contributed by atoms with E-state index in [-0.39, 0.29) is 11.3 Å². The van der Waals surface area contributed by atoms with E-state index in [1.54, 1.807) is 48.7 Å². The van der Waals surface area contributed by atoms with Crippen molar-refractivity contribution in [3.05, 3.63) is 62.8 Å². The first-order chi connectivity index (χ1) is 10.2. The van der Waals surface area contributed by atoms with Gasteiger partial charge in [-0.2, -0.15) is 0 Å². The second-order valence-corrected chi connectivity index (χ2v) is 4.42. The van der Waals surface area contributed by atoms with Crippen LogP contribution in [0.15, 0.2) is 50.8 Å². The fourth-order valence-electron chi connectivity index (χ4n) is 1.84. The van der Waals surface area contributed by atoms with Gasteiger partial charge in [0.25, 0.3) is 5.56 Å². The smallest absolute Gasteiger partial charge is 0.273 e. The zero-order chi connectivity index (χ0) is 14.7. The summed E-state index contributed by atoms with van der Waals surface area (Å²) in [5.41, 5.74) is 1.90. The highest BCUT2D eigenvalue weighted by Crippen LogP contribution is 2.09. The summed E-state index contributed by atoms with van der Waals surface area (Å²) < 4.78 is 0. The third-order valence-electron chi connectivity index (χ3n) is 2.87. The maximum absolute atomic E-state index is 11.8. The maximum Gasteiger partial charge on any atom is 0.273 e. The van der Waals surface area contributed by atoms with Gasteiger partial charge >= 0.3 is 0 Å². The van der Waals surface area contributed by atoms with Gasteiger partial charge in [0, 0.05) is 0 Å². The quantitative estimate of drug-likeness (QED) is 0.723. The molecule has 1 aliphatic rings. The predicted octanol–water partition coefficient (Wildman–Crippen LogP) is 0.0145. The van der Waals surface area contributed by atoms with E-state index in [9.17, 15) is 9.90 Å². The Morgan fingerprint density at radius 3 is 2.62 bits per heavy atom. The number of nitrogens with zero attached hydrogens (tertiary/aromatic N) is 2. The summed E-state index contributed by atoms with van der Waals surface area (Å²) in [4.78, 5) is 25.4. The molecule has 0 saturated heterocycles. The van der Waals surface area contributed by atoms with E-state index in [1.165, 1.54) is 6.34 Å². The molecule has 0 radical (unpaired) electrons. The number of hydrogen-bond donors (Lipinski definition) is 3. The van der Waals surface area contributed by atoms with Crippen molar-refractivity contribution in [1.29, 1.82) is 0 Å². The lowest BCUT2D eigenvalue weighted by Gasteiger charge is -1.92. The first-order valence-electron chi connectivity index (χ1n) is 6.27. The van der Waals surface area contributed by atoms with Crippen LogP contribution in [0, 0.1) is 0 Å². The molecule has 0 amide bonds. The summed E-state index contributed by atoms with van der Waals surface area (Å²) in [5, 5.41) is 9.67. The second kappa shape index (κ2) is 5.46. The molecular formula is C15H12N4O2. The Balaban J connectivity index is 1.98. The number of H-pyrrole nitrogens is 2. The lowest BCUT2D eigenvalue weighted by atomic mass is 10.2. The molecule has 1 aromatic heterocycles. The molecule has 0 unspecified atom stereocenters. The number of hydrogen-bond acceptors (Lipinski definition) is 4. The molecular weight excluding hydrogens is 268 g/mol. The topological polar surface area (TPSA) is 93.6 Å². The third-order valence-corrected chi connectivity index (χ3v) is 2.87. The van der Waals surface area contributed by atoms with Crippen molar-refractivity contribution in [2.24, 2.45) is 9.98 Å². The number of rotatable bonds is 2. The molecule has 0 bridgehead atoms. The van der Waals surface area contributed by atoms with E-state index >= 15 is 0 Å². The number of phenols is 1. The molecule has 2 heterocycles. The molecule has 0 spiro atoms. The molecule has 3 rings (SSSR count). The normalized spacial score (nSPS) is 17.2. The number of phenolic OH excluding ortho intramolecular Hbond substituents is 1. The number of benzene rings is 1. The summed E-state index contributed by atoms with van der Waals surface area (Å²) in [6.45, 7) is 0. The highest BCUT2D eigenvalue weighted by atomic mass is 16.3. The van der Waals surface area contributed by atoms with E-state index in [0.29, 0.717) is 10.8 Å². The Morgan fingerprint density at radius 2 is 1.90 bits per heavy atom. The summed E-state index contributed by atoms with van der Waals surface area (Å²) >= 11 is 0. The molecule has 3 N–H and O–H groups in total. The van der Waals surface area contributed by atoms with Crippen LogP contribution in [0.3, 0.4) is 0 Å². The van der Waals surface area contributed by atoms with Gasteiger partial charge < -0.3 is 15.1 Å². The first kappa shape index (κ1) is 12.9. The van der Waals surface area contributed by atoms with Gasteiger partial charge in [-0.15, -0.1) is 0 Å². The Hall–Kier alpha value is -3.15. The highest BCUT2D eigenvalue weighted by molar-refractivity contribution is 5.92. The zero-order valence-electron chi connectivity index (χ0n) is 10.9. The molecule has 6 nitrogen and oxygen atoms in total. The standard InChI is InChI=1S/C15H12N4O2/c20-12-4-1-10(2-5-12)7-13-15(21)19-14(18-13)6-3-11-8-16-9-17-11/h1-9,18,20H,(H,19,21)/b11-3?,13-7+,14-6?. The molecule has 0 atom stereocenters. The molecule has 104 valence electrons. The van der Waals surface area contributed by atoms with E-state index in [0.717, 1.165) is 11.3 Å². The molecule has 0 saturated carbocycles. The summed E-state index contributed by atoms with van der Waals surface area (Å²) in [6, 6.07) is 6.59. The van der Waals surface area contributed by atoms with Crippen molar-refractivity contribution in [3.8, 4) is 5.75 Å². The van der Waals surface area contributed by atoms with Crippen LogP contribution < -0.4 is 16.4 Å². The van der Waals surface area contributed by atoms with Gasteiger partial charge in [0.15, 0.2) is 0 Å². The van der Waals surface area contributed by atoms with E-state index in [4.69, 9.17) is 0 Å². The first-order valence-corrected chi connectivity index (χ1v) is 6.27. The molecule has 1 aromatic carbocycles. The monoisotopic (exact) mass is 280 g/mol. The minimum Gasteiger partial charge on any atom is -0.508 e. The van der Waals surface area contributed by atoms with Crippen LogP contribution in [0.25, 0.3) is 12.2 Å². The average molecular weight is 280 g/mol. The fourth-order valence-corrected chi connectivity index (χ4v) is 1.84. The van der Waals surface area contributed by atoms with Gasteiger partial charge in [-0.1, -0.05) is 12.1 Å². The Bertz CT molecular complexity index is 898. The number of aromatic amines is 2. The van der Waals surface area contributed by atoms with Gasteiger partial charge in [-0.05, 0) is 35.9 Å². The van der Waals surface area contributed by atoms with Crippen molar-refractivity contribution >= 4 is 24.7 Å². The molecule has 0 fully saturated rings. The van der Waals surface area contributed by atoms with Gasteiger partial charge in [0.1, 0.15) is 22.9 Å². The number of allylic oxidation sites excluding steroid dienone is 2. The van der Waals surface area contributed by atoms with Crippen LogP contribution in [0.2, 0.25) is 0 Å². The minimum atomic E-state index is -0.212. The predicted molar refractivity (Wildman–Crippen MR) is 81.9 cm³/mol. The summed E-state index contributed by atoms with van der Waals surface area (Å²) in [7, 11) is 0. The maximum atomic E-state index is 11.8. The minimum absolute atomic E-state index is 0.187. The van der Waals surface area contributed by atoms with Crippen LogP contribution in [-0.2, 0) is 0 Å². The van der Waals surface area contributed by atoms with Crippen LogP contribution in [0.4, 0.5) is 0 Å². The molecule has 1 aliphatic heterocycles. The molecule has 6 heteroatoms. The molecule has 2 aromatic rings. The van der Waals surface area contributed by atoms with Crippen LogP contribution >= 0.6 is 0 Å². The largest absolute Gasteiger partial charge is 0.508 e. The lowest BCUT2D eigenvalue weighted by Crippen LogP contribution is -2.22. The van der Waals surface area contributed by atoms with Gasteiger partial charge in [-0.25, -0.2) is 9.98 Å². The van der Waals surface area contributed by atoms with Gasteiger partial charge in [0.05, 0.1) is 11.9 Å². The third kappa shape index (κ3) is 3.06. The Morgan fingerprint density at radius 1 is 1.10 bits per heavy atom. The Kier molecular flexibility index (Phi) is 3.34. The number of imidazole rings is 1. The van der Waals surface area contributed by atoms with E-state index < -0.39 is 0 Å². The SMILES string of the molecule is O=c1[nH]c(=CC=C2C=NC=N2)[nH]/c1=C/c1ccc(O)cc1. The van der Waals surface area contributed by atoms with Crippen LogP contribution in [0.1, 0.15) is 5.56 Å². The fraction of sp³-hybridized carbons (Fsp3) is 0. The zero-order valence-corrected chi connectivity index (χ0v) is 10.9. The number of aliphatic imine (C=N–C) groups is 2. The average Bonchev–Trinajstić information content (AvgIpc) is 3.10. The number of aromatic nitrogens is 2. The van der Waals surface area contributed by atoms with Gasteiger partial charge in [-0.3, -0.25) is 4.79 Å². The van der Waals surface area contributed by atoms with Crippen LogP contribution in [0.5, 0.6) is 5.75 Å². The van der Waals surface area contributed by atoms with Crippen molar-refractivity contribution in [1.82, 2.24) is 9.97 Å². The van der Waals surface area contributed by atoms with Gasteiger partial charge in [0.2, 0.25) is 0 Å².